The number of aryl methyl sites for hydroxylation is 1. The van der Waals surface area contributed by atoms with Gasteiger partial charge in [-0.3, -0.25) is 14.4 Å². The van der Waals surface area contributed by atoms with Crippen LogP contribution in [0.15, 0.2) is 47.3 Å². The maximum absolute atomic E-state index is 11.9. The van der Waals surface area contributed by atoms with Gasteiger partial charge in [0.2, 0.25) is 5.56 Å². The fourth-order valence-electron chi connectivity index (χ4n) is 1.78. The summed E-state index contributed by atoms with van der Waals surface area (Å²) in [4.78, 5) is 36.0. The van der Waals surface area contributed by atoms with Crippen LogP contribution in [0.3, 0.4) is 0 Å². The van der Waals surface area contributed by atoms with Crippen LogP contribution in [0, 0.1) is 0 Å². The molecule has 1 aromatic carbocycles. The topological polar surface area (TPSA) is 99.3 Å². The van der Waals surface area contributed by atoms with Crippen molar-refractivity contribution in [1.82, 2.24) is 4.98 Å². The number of amides is 1. The minimum absolute atomic E-state index is 0.0664. The number of benzene rings is 1. The number of pyridine rings is 1. The van der Waals surface area contributed by atoms with E-state index in [2.05, 4.69) is 10.3 Å². The molecular weight excluding hydrogens is 272 g/mol. The van der Waals surface area contributed by atoms with Crippen molar-refractivity contribution in [2.24, 2.45) is 0 Å². The summed E-state index contributed by atoms with van der Waals surface area (Å²) in [5, 5.41) is 11.3. The zero-order valence-electron chi connectivity index (χ0n) is 11.1. The first-order valence-electron chi connectivity index (χ1n) is 6.36. The van der Waals surface area contributed by atoms with Gasteiger partial charge in [-0.2, -0.15) is 0 Å². The fourth-order valence-corrected chi connectivity index (χ4v) is 1.78. The second-order valence-corrected chi connectivity index (χ2v) is 4.47. The fraction of sp³-hybridized carbons (Fsp3) is 0.133. The first kappa shape index (κ1) is 14.5. The van der Waals surface area contributed by atoms with Crippen LogP contribution in [-0.2, 0) is 11.2 Å². The Labute approximate surface area is 120 Å². The number of rotatable bonds is 5. The second-order valence-electron chi connectivity index (χ2n) is 4.47. The molecule has 0 bridgehead atoms. The van der Waals surface area contributed by atoms with Gasteiger partial charge in [-0.1, -0.05) is 18.2 Å². The first-order valence-corrected chi connectivity index (χ1v) is 6.36. The van der Waals surface area contributed by atoms with E-state index in [1.54, 1.807) is 24.3 Å². The lowest BCUT2D eigenvalue weighted by Gasteiger charge is -2.06. The van der Waals surface area contributed by atoms with Crippen molar-refractivity contribution in [3.8, 4) is 0 Å². The van der Waals surface area contributed by atoms with Crippen LogP contribution in [0.4, 0.5) is 5.69 Å². The molecular formula is C15H14N2O4. The van der Waals surface area contributed by atoms with Crippen LogP contribution in [0.2, 0.25) is 0 Å². The number of hydrogen-bond acceptors (Lipinski definition) is 3. The van der Waals surface area contributed by atoms with E-state index >= 15 is 0 Å². The Balaban J connectivity index is 2.01. The number of carbonyl (C=O) groups excluding carboxylic acids is 1. The molecule has 0 aliphatic carbocycles. The predicted octanol–water partition coefficient (Wildman–Crippen LogP) is 1.64. The van der Waals surface area contributed by atoms with Crippen molar-refractivity contribution >= 4 is 17.6 Å². The van der Waals surface area contributed by atoms with E-state index in [0.29, 0.717) is 12.1 Å². The minimum atomic E-state index is -0.847. The number of hydrogen-bond donors (Lipinski definition) is 3. The molecule has 2 aromatic rings. The van der Waals surface area contributed by atoms with Gasteiger partial charge in [0.05, 0.1) is 0 Å². The monoisotopic (exact) mass is 286 g/mol. The van der Waals surface area contributed by atoms with E-state index in [1.807, 2.05) is 0 Å². The van der Waals surface area contributed by atoms with Gasteiger partial charge in [-0.05, 0) is 30.2 Å². The highest BCUT2D eigenvalue weighted by atomic mass is 16.4. The summed E-state index contributed by atoms with van der Waals surface area (Å²) in [7, 11) is 0. The highest BCUT2D eigenvalue weighted by Gasteiger charge is 2.06. The highest BCUT2D eigenvalue weighted by molar-refractivity contribution is 6.02. The number of H-pyrrole nitrogens is 1. The normalized spacial score (nSPS) is 10.1. The van der Waals surface area contributed by atoms with Crippen LogP contribution in [0.5, 0.6) is 0 Å². The SMILES string of the molecule is O=C(O)CCc1ccc(NC(=O)c2cccc(=O)[nH]2)cc1. The number of anilines is 1. The molecule has 0 aliphatic rings. The molecule has 0 spiro atoms. The second kappa shape index (κ2) is 6.51. The summed E-state index contributed by atoms with van der Waals surface area (Å²) in [5.41, 5.74) is 1.29. The van der Waals surface area contributed by atoms with Crippen molar-refractivity contribution in [1.29, 1.82) is 0 Å². The van der Waals surface area contributed by atoms with Gasteiger partial charge in [0, 0.05) is 18.2 Å². The molecule has 1 aromatic heterocycles. The average Bonchev–Trinajstić information content (AvgIpc) is 2.46. The van der Waals surface area contributed by atoms with Gasteiger partial charge < -0.3 is 15.4 Å². The standard InChI is InChI=1S/C15H14N2O4/c18-13-3-1-2-12(17-13)15(21)16-11-7-4-10(5-8-11)6-9-14(19)20/h1-5,7-8H,6,9H2,(H,16,21)(H,17,18)(H,19,20). The lowest BCUT2D eigenvalue weighted by molar-refractivity contribution is -0.136. The Morgan fingerprint density at radius 2 is 1.81 bits per heavy atom. The summed E-state index contributed by atoms with van der Waals surface area (Å²) in [6, 6.07) is 11.2. The van der Waals surface area contributed by atoms with E-state index < -0.39 is 11.9 Å². The Bertz CT molecular complexity index is 704. The maximum atomic E-state index is 11.9. The molecule has 0 aliphatic heterocycles. The van der Waals surface area contributed by atoms with Crippen LogP contribution < -0.4 is 10.9 Å². The van der Waals surface area contributed by atoms with Gasteiger partial charge in [0.1, 0.15) is 5.69 Å². The number of aromatic amines is 1. The van der Waals surface area contributed by atoms with E-state index in [4.69, 9.17) is 5.11 Å². The smallest absolute Gasteiger partial charge is 0.303 e. The first-order chi connectivity index (χ1) is 10.0. The van der Waals surface area contributed by atoms with Crippen LogP contribution in [0.25, 0.3) is 0 Å². The number of carbonyl (C=O) groups is 2. The molecule has 3 N–H and O–H groups in total. The molecule has 0 saturated heterocycles. The lowest BCUT2D eigenvalue weighted by Crippen LogP contribution is -2.17. The van der Waals surface area contributed by atoms with Crippen molar-refractivity contribution < 1.29 is 14.7 Å². The number of aliphatic carboxylic acids is 1. The third kappa shape index (κ3) is 4.31. The van der Waals surface area contributed by atoms with E-state index in [0.717, 1.165) is 5.56 Å². The number of carboxylic acids is 1. The predicted molar refractivity (Wildman–Crippen MR) is 77.4 cm³/mol. The molecule has 0 atom stereocenters. The number of aromatic nitrogens is 1. The molecule has 6 nitrogen and oxygen atoms in total. The highest BCUT2D eigenvalue weighted by Crippen LogP contribution is 2.12. The van der Waals surface area contributed by atoms with Gasteiger partial charge in [0.25, 0.3) is 5.91 Å². The summed E-state index contributed by atoms with van der Waals surface area (Å²) in [5.74, 6) is -1.26. The summed E-state index contributed by atoms with van der Waals surface area (Å²) < 4.78 is 0. The molecule has 0 unspecified atom stereocenters. The van der Waals surface area contributed by atoms with E-state index in [-0.39, 0.29) is 17.7 Å². The molecule has 108 valence electrons. The molecule has 0 saturated carbocycles. The van der Waals surface area contributed by atoms with Gasteiger partial charge in [0.15, 0.2) is 0 Å². The van der Waals surface area contributed by atoms with Crippen LogP contribution in [0.1, 0.15) is 22.5 Å². The molecule has 6 heteroatoms. The Morgan fingerprint density at radius 1 is 1.10 bits per heavy atom. The maximum Gasteiger partial charge on any atom is 0.303 e. The molecule has 1 amide bonds. The number of carboxylic acid groups (broad SMARTS) is 1. The van der Waals surface area contributed by atoms with E-state index in [9.17, 15) is 14.4 Å². The quantitative estimate of drug-likeness (QED) is 0.778. The Morgan fingerprint density at radius 3 is 2.43 bits per heavy atom. The molecule has 2 rings (SSSR count). The van der Waals surface area contributed by atoms with Crippen molar-refractivity contribution in [2.45, 2.75) is 12.8 Å². The zero-order valence-corrected chi connectivity index (χ0v) is 11.1. The lowest BCUT2D eigenvalue weighted by atomic mass is 10.1. The largest absolute Gasteiger partial charge is 0.481 e. The Hall–Kier alpha value is -2.89. The molecule has 21 heavy (non-hydrogen) atoms. The van der Waals surface area contributed by atoms with Crippen LogP contribution in [-0.4, -0.2) is 22.0 Å². The summed E-state index contributed by atoms with van der Waals surface area (Å²) >= 11 is 0. The molecule has 0 fully saturated rings. The van der Waals surface area contributed by atoms with Gasteiger partial charge >= 0.3 is 5.97 Å². The van der Waals surface area contributed by atoms with Gasteiger partial charge in [-0.15, -0.1) is 0 Å². The third-order valence-electron chi connectivity index (χ3n) is 2.85. The third-order valence-corrected chi connectivity index (χ3v) is 2.85. The average molecular weight is 286 g/mol. The molecule has 1 heterocycles. The van der Waals surface area contributed by atoms with Gasteiger partial charge in [-0.25, -0.2) is 0 Å². The Kier molecular flexibility index (Phi) is 4.50. The summed E-state index contributed by atoms with van der Waals surface area (Å²) in [6.07, 6.45) is 0.506. The van der Waals surface area contributed by atoms with Crippen molar-refractivity contribution in [3.05, 3.63) is 64.1 Å². The summed E-state index contributed by atoms with van der Waals surface area (Å²) in [6.45, 7) is 0. The van der Waals surface area contributed by atoms with Crippen molar-refractivity contribution in [2.75, 3.05) is 5.32 Å². The molecule has 0 radical (unpaired) electrons. The number of nitrogens with one attached hydrogen (secondary N) is 2. The minimum Gasteiger partial charge on any atom is -0.481 e. The zero-order chi connectivity index (χ0) is 15.2. The van der Waals surface area contributed by atoms with E-state index in [1.165, 1.54) is 18.2 Å². The van der Waals surface area contributed by atoms with Crippen molar-refractivity contribution in [3.63, 3.8) is 0 Å². The van der Waals surface area contributed by atoms with Crippen LogP contribution >= 0.6 is 0 Å².